The summed E-state index contributed by atoms with van der Waals surface area (Å²) in [5, 5.41) is 23.2. The van der Waals surface area contributed by atoms with Gasteiger partial charge in [0.05, 0.1) is 25.4 Å². The minimum absolute atomic E-state index is 0.0220. The van der Waals surface area contributed by atoms with E-state index in [0.717, 1.165) is 44.9 Å². The lowest BCUT2D eigenvalue weighted by molar-refractivity contribution is -0.143. The van der Waals surface area contributed by atoms with E-state index < -0.39 is 12.1 Å². The number of ether oxygens (including phenoxy) is 1. The van der Waals surface area contributed by atoms with Crippen molar-refractivity contribution in [3.63, 3.8) is 0 Å². The summed E-state index contributed by atoms with van der Waals surface area (Å²) in [6.45, 7) is 4.94. The molecule has 0 aliphatic carbocycles. The number of aliphatic hydroxyl groups excluding tert-OH is 2. The fourth-order valence-electron chi connectivity index (χ4n) is 12.3. The summed E-state index contributed by atoms with van der Waals surface area (Å²) in [7, 11) is 0. The van der Waals surface area contributed by atoms with Gasteiger partial charge in [-0.1, -0.05) is 391 Å². The molecule has 1 amide bonds. The fourth-order valence-corrected chi connectivity index (χ4v) is 12.3. The Hall–Kier alpha value is -1.92. The zero-order valence-corrected chi connectivity index (χ0v) is 57.6. The van der Waals surface area contributed by atoms with Crippen LogP contribution in [0.5, 0.6) is 0 Å². The third kappa shape index (κ3) is 71.0. The van der Waals surface area contributed by atoms with Gasteiger partial charge in [0.15, 0.2) is 0 Å². The van der Waals surface area contributed by atoms with Gasteiger partial charge in [0, 0.05) is 12.8 Å². The van der Waals surface area contributed by atoms with Gasteiger partial charge in [-0.15, -0.1) is 0 Å². The van der Waals surface area contributed by atoms with E-state index in [9.17, 15) is 19.8 Å². The van der Waals surface area contributed by atoms with E-state index >= 15 is 0 Å². The SMILES string of the molecule is CCCCCCCCCCCCCC/C=C/C(O)C(CO)NC(=O)CCCCCCCCCCCCCCCCCCC/C=C\C/C=C\CCCCCCCCCCCCCOC(=O)CCCCCCCCCCCCCCCCCCCCC. The molecule has 85 heavy (non-hydrogen) atoms. The van der Waals surface area contributed by atoms with Gasteiger partial charge in [0.2, 0.25) is 5.91 Å². The third-order valence-corrected chi connectivity index (χ3v) is 18.2. The highest BCUT2D eigenvalue weighted by Crippen LogP contribution is 2.19. The van der Waals surface area contributed by atoms with Gasteiger partial charge in [-0.05, 0) is 64.2 Å². The van der Waals surface area contributed by atoms with Crippen LogP contribution in [0.15, 0.2) is 36.5 Å². The molecule has 502 valence electrons. The molecule has 0 aliphatic rings. The van der Waals surface area contributed by atoms with Crippen molar-refractivity contribution in [2.75, 3.05) is 13.2 Å². The van der Waals surface area contributed by atoms with Crippen molar-refractivity contribution in [1.29, 1.82) is 0 Å². The zero-order chi connectivity index (χ0) is 61.3. The van der Waals surface area contributed by atoms with E-state index in [-0.39, 0.29) is 18.5 Å². The van der Waals surface area contributed by atoms with Gasteiger partial charge in [-0.2, -0.15) is 0 Å². The monoisotopic (exact) mass is 1190 g/mol. The maximum absolute atomic E-state index is 12.5. The van der Waals surface area contributed by atoms with Crippen LogP contribution in [-0.4, -0.2) is 47.4 Å². The topological polar surface area (TPSA) is 95.9 Å². The quantitative estimate of drug-likeness (QED) is 0.0320. The first-order valence-corrected chi connectivity index (χ1v) is 38.8. The van der Waals surface area contributed by atoms with Crippen LogP contribution in [0.25, 0.3) is 0 Å². The summed E-state index contributed by atoms with van der Waals surface area (Å²) in [5.41, 5.74) is 0. The lowest BCUT2D eigenvalue weighted by Gasteiger charge is -2.20. The van der Waals surface area contributed by atoms with Crippen molar-refractivity contribution in [2.24, 2.45) is 0 Å². The fraction of sp³-hybridized carbons (Fsp3) is 0.899. The van der Waals surface area contributed by atoms with Gasteiger partial charge in [0.25, 0.3) is 0 Å². The normalized spacial score (nSPS) is 12.7. The number of carbonyl (C=O) groups excluding carboxylic acids is 2. The summed E-state index contributed by atoms with van der Waals surface area (Å²) < 4.78 is 5.52. The number of nitrogens with one attached hydrogen (secondary N) is 1. The van der Waals surface area contributed by atoms with Crippen LogP contribution in [0.2, 0.25) is 0 Å². The smallest absolute Gasteiger partial charge is 0.305 e. The van der Waals surface area contributed by atoms with Crippen molar-refractivity contribution < 1.29 is 24.5 Å². The molecule has 6 nitrogen and oxygen atoms in total. The number of aliphatic hydroxyl groups is 2. The highest BCUT2D eigenvalue weighted by Gasteiger charge is 2.18. The van der Waals surface area contributed by atoms with E-state index in [2.05, 4.69) is 43.5 Å². The Morgan fingerprint density at radius 2 is 0.588 bits per heavy atom. The second-order valence-electron chi connectivity index (χ2n) is 26.7. The number of hydrogen-bond acceptors (Lipinski definition) is 5. The molecule has 0 aliphatic heterocycles. The Balaban J connectivity index is 3.36. The molecule has 0 fully saturated rings. The lowest BCUT2D eigenvalue weighted by Crippen LogP contribution is -2.45. The first-order chi connectivity index (χ1) is 42.0. The molecule has 0 rings (SSSR count). The predicted molar refractivity (Wildman–Crippen MR) is 375 cm³/mol. The van der Waals surface area contributed by atoms with Gasteiger partial charge in [-0.3, -0.25) is 9.59 Å². The molecule has 0 heterocycles. The molecule has 0 bridgehead atoms. The van der Waals surface area contributed by atoms with Gasteiger partial charge in [-0.25, -0.2) is 0 Å². The van der Waals surface area contributed by atoms with Crippen LogP contribution in [0.4, 0.5) is 0 Å². The van der Waals surface area contributed by atoms with E-state index in [0.29, 0.717) is 19.4 Å². The number of carbonyl (C=O) groups is 2. The summed E-state index contributed by atoms with van der Waals surface area (Å²) >= 11 is 0. The standard InChI is InChI=1S/C79H151NO5/c1-3-5-7-9-11-13-15-17-19-20-38-42-45-49-53-57-61-65-69-73-79(84)85-74-70-66-62-58-54-50-46-43-40-37-35-33-31-29-27-25-23-21-22-24-26-28-30-32-34-36-39-41-44-48-52-56-60-64-68-72-78(83)80-76(75-81)77(82)71-67-63-59-55-51-47-18-16-14-12-10-8-6-4-2/h23,25,29,31,67,71,76-77,81-82H,3-22,24,26-28,30,32-66,68-70,72-75H2,1-2H3,(H,80,83)/b25-23-,31-29-,71-67+. The minimum Gasteiger partial charge on any atom is -0.466 e. The zero-order valence-electron chi connectivity index (χ0n) is 57.6. The van der Waals surface area contributed by atoms with Crippen LogP contribution in [0.1, 0.15) is 431 Å². The van der Waals surface area contributed by atoms with Gasteiger partial charge < -0.3 is 20.3 Å². The molecular weight excluding hydrogens is 1040 g/mol. The molecule has 0 aromatic heterocycles. The number of esters is 1. The Morgan fingerprint density at radius 1 is 0.329 bits per heavy atom. The maximum Gasteiger partial charge on any atom is 0.305 e. The number of unbranched alkanes of at least 4 members (excludes halogenated alkanes) is 58. The van der Waals surface area contributed by atoms with E-state index in [1.807, 2.05) is 6.08 Å². The second kappa shape index (κ2) is 74.5. The van der Waals surface area contributed by atoms with Crippen LogP contribution < -0.4 is 5.32 Å². The van der Waals surface area contributed by atoms with Crippen molar-refractivity contribution in [3.8, 4) is 0 Å². The van der Waals surface area contributed by atoms with E-state index in [1.54, 1.807) is 6.08 Å². The largest absolute Gasteiger partial charge is 0.466 e. The third-order valence-electron chi connectivity index (χ3n) is 18.2. The Labute approximate surface area is 532 Å². The lowest BCUT2D eigenvalue weighted by atomic mass is 10.0. The van der Waals surface area contributed by atoms with Gasteiger partial charge >= 0.3 is 5.97 Å². The van der Waals surface area contributed by atoms with Crippen molar-refractivity contribution in [2.45, 2.75) is 443 Å². The first-order valence-electron chi connectivity index (χ1n) is 38.8. The number of allylic oxidation sites excluding steroid dienone is 5. The molecule has 2 atom stereocenters. The van der Waals surface area contributed by atoms with Crippen molar-refractivity contribution >= 4 is 11.9 Å². The first kappa shape index (κ1) is 83.1. The Kier molecular flexibility index (Phi) is 72.9. The minimum atomic E-state index is -0.842. The molecule has 0 aromatic rings. The predicted octanol–water partition coefficient (Wildman–Crippen LogP) is 25.4. The average Bonchev–Trinajstić information content (AvgIpc) is 3.51. The Bertz CT molecular complexity index is 1380. The number of amides is 1. The Morgan fingerprint density at radius 3 is 0.894 bits per heavy atom. The molecule has 0 spiro atoms. The maximum atomic E-state index is 12.5. The molecule has 0 radical (unpaired) electrons. The van der Waals surface area contributed by atoms with Crippen LogP contribution in [-0.2, 0) is 14.3 Å². The van der Waals surface area contributed by atoms with E-state index in [1.165, 1.54) is 360 Å². The summed E-state index contributed by atoms with van der Waals surface area (Å²) in [6, 6.07) is -0.626. The molecular formula is C79H151NO5. The highest BCUT2D eigenvalue weighted by atomic mass is 16.5. The molecule has 6 heteroatoms. The molecule has 2 unspecified atom stereocenters. The van der Waals surface area contributed by atoms with Crippen molar-refractivity contribution in [1.82, 2.24) is 5.32 Å². The molecule has 0 saturated carbocycles. The number of rotatable bonds is 73. The second-order valence-corrected chi connectivity index (χ2v) is 26.7. The average molecular weight is 1200 g/mol. The summed E-state index contributed by atoms with van der Waals surface area (Å²) in [6.07, 6.45) is 96.9. The van der Waals surface area contributed by atoms with Crippen LogP contribution in [0, 0.1) is 0 Å². The molecule has 0 aromatic carbocycles. The van der Waals surface area contributed by atoms with Gasteiger partial charge in [0.1, 0.15) is 0 Å². The highest BCUT2D eigenvalue weighted by molar-refractivity contribution is 5.76. The number of hydrogen-bond donors (Lipinski definition) is 3. The summed E-state index contributed by atoms with van der Waals surface area (Å²) in [5.74, 6) is -0.0415. The van der Waals surface area contributed by atoms with Crippen molar-refractivity contribution in [3.05, 3.63) is 36.5 Å². The molecule has 3 N–H and O–H groups in total. The molecule has 0 saturated heterocycles. The van der Waals surface area contributed by atoms with Crippen LogP contribution in [0.3, 0.4) is 0 Å². The van der Waals surface area contributed by atoms with Crippen LogP contribution >= 0.6 is 0 Å². The summed E-state index contributed by atoms with van der Waals surface area (Å²) in [4.78, 5) is 24.6. The van der Waals surface area contributed by atoms with E-state index in [4.69, 9.17) is 4.74 Å².